The van der Waals surface area contributed by atoms with Crippen LogP contribution in [0.2, 0.25) is 0 Å². The highest BCUT2D eigenvalue weighted by Gasteiger charge is 2.21. The second-order valence-electron chi connectivity index (χ2n) is 8.21. The first-order valence-corrected chi connectivity index (χ1v) is 10.5. The fourth-order valence-electron chi connectivity index (χ4n) is 2.83. The molecule has 29 heavy (non-hydrogen) atoms. The summed E-state index contributed by atoms with van der Waals surface area (Å²) < 4.78 is 11.7. The maximum absolute atomic E-state index is 11.9. The van der Waals surface area contributed by atoms with Crippen molar-refractivity contribution in [1.82, 2.24) is 10.3 Å². The SMILES string of the molecule is CC(C)(C)OC(O)CNC(O)c1cc2c([nH]c1=O)COC2.CC1C=CC(Br)=CC1. The number of fused-ring (bicyclic) bond motifs is 1. The quantitative estimate of drug-likeness (QED) is 0.493. The number of rotatable bonds is 5. The van der Waals surface area contributed by atoms with E-state index in [0.717, 1.165) is 17.2 Å². The second-order valence-corrected chi connectivity index (χ2v) is 9.12. The number of hydrogen-bond donors (Lipinski definition) is 4. The van der Waals surface area contributed by atoms with Crippen molar-refractivity contribution < 1.29 is 19.7 Å². The summed E-state index contributed by atoms with van der Waals surface area (Å²) in [5.41, 5.74) is 0.936. The summed E-state index contributed by atoms with van der Waals surface area (Å²) in [4.78, 5) is 14.6. The van der Waals surface area contributed by atoms with Crippen LogP contribution < -0.4 is 10.9 Å². The lowest BCUT2D eigenvalue weighted by molar-refractivity contribution is -0.165. The summed E-state index contributed by atoms with van der Waals surface area (Å²) in [5.74, 6) is 0.733. The Kier molecular flexibility index (Phi) is 8.81. The van der Waals surface area contributed by atoms with E-state index < -0.39 is 18.1 Å². The highest BCUT2D eigenvalue weighted by Crippen LogP contribution is 2.19. The third kappa shape index (κ3) is 8.16. The van der Waals surface area contributed by atoms with E-state index in [4.69, 9.17) is 9.47 Å². The van der Waals surface area contributed by atoms with E-state index in [-0.39, 0.29) is 17.7 Å². The average molecular weight is 471 g/mol. The van der Waals surface area contributed by atoms with Gasteiger partial charge in [0.2, 0.25) is 0 Å². The van der Waals surface area contributed by atoms with Crippen LogP contribution in [0.25, 0.3) is 0 Å². The standard InChI is InChI=1S/C14H22N2O5.C7H9Br/c1-14(2,3)21-11(17)5-15-12(18)9-4-8-6-20-7-10(8)16-13(9)19;1-6-2-4-7(8)5-3-6/h4,11-12,15,17-18H,5-7H2,1-3H3,(H,16,19);2,4-6H,3H2,1H3. The predicted octanol–water partition coefficient (Wildman–Crippen LogP) is 2.98. The van der Waals surface area contributed by atoms with Crippen molar-refractivity contribution in [3.8, 4) is 0 Å². The van der Waals surface area contributed by atoms with Gasteiger partial charge < -0.3 is 24.7 Å². The third-order valence-corrected chi connectivity index (χ3v) is 4.87. The minimum Gasteiger partial charge on any atom is -0.374 e. The number of aliphatic hydroxyl groups is 2. The molecule has 1 aromatic heterocycles. The molecule has 0 bridgehead atoms. The van der Waals surface area contributed by atoms with Crippen LogP contribution in [0.4, 0.5) is 0 Å². The zero-order valence-electron chi connectivity index (χ0n) is 17.4. The van der Waals surface area contributed by atoms with Crippen LogP contribution in [0.3, 0.4) is 0 Å². The lowest BCUT2D eigenvalue weighted by Gasteiger charge is -2.25. The van der Waals surface area contributed by atoms with Crippen LogP contribution in [0, 0.1) is 5.92 Å². The molecule has 7 nitrogen and oxygen atoms in total. The molecule has 8 heteroatoms. The Morgan fingerprint density at radius 1 is 1.38 bits per heavy atom. The highest BCUT2D eigenvalue weighted by atomic mass is 79.9. The molecule has 0 aromatic carbocycles. The molecule has 2 aliphatic rings. The first kappa shape index (κ1) is 24.0. The zero-order valence-corrected chi connectivity index (χ0v) is 19.0. The van der Waals surface area contributed by atoms with Crippen molar-refractivity contribution in [2.24, 2.45) is 5.92 Å². The molecular weight excluding hydrogens is 440 g/mol. The first-order valence-electron chi connectivity index (χ1n) is 9.69. The molecule has 4 N–H and O–H groups in total. The van der Waals surface area contributed by atoms with Crippen LogP contribution in [-0.2, 0) is 22.7 Å². The maximum Gasteiger partial charge on any atom is 0.255 e. The van der Waals surface area contributed by atoms with E-state index in [2.05, 4.69) is 51.4 Å². The number of aromatic amines is 1. The van der Waals surface area contributed by atoms with E-state index in [1.54, 1.807) is 6.07 Å². The van der Waals surface area contributed by atoms with Crippen molar-refractivity contribution >= 4 is 15.9 Å². The number of pyridine rings is 1. The Hall–Kier alpha value is -1.29. The molecular formula is C21H31BrN2O5. The molecule has 0 spiro atoms. The Labute approximate surface area is 179 Å². The van der Waals surface area contributed by atoms with Gasteiger partial charge in [-0.15, -0.1) is 0 Å². The van der Waals surface area contributed by atoms with Crippen LogP contribution in [0.15, 0.2) is 33.6 Å². The minimum absolute atomic E-state index is 0.00542. The number of aliphatic hydroxyl groups excluding tert-OH is 2. The summed E-state index contributed by atoms with van der Waals surface area (Å²) in [7, 11) is 0. The molecule has 0 saturated carbocycles. The fraction of sp³-hybridized carbons (Fsp3) is 0.571. The van der Waals surface area contributed by atoms with Gasteiger partial charge in [-0.1, -0.05) is 41.1 Å². The molecule has 0 radical (unpaired) electrons. The number of allylic oxidation sites excluding steroid dienone is 4. The van der Waals surface area contributed by atoms with Gasteiger partial charge in [-0.3, -0.25) is 10.1 Å². The summed E-state index contributed by atoms with van der Waals surface area (Å²) in [6.45, 7) is 8.47. The molecule has 1 aliphatic carbocycles. The van der Waals surface area contributed by atoms with E-state index in [0.29, 0.717) is 13.2 Å². The van der Waals surface area contributed by atoms with Crippen molar-refractivity contribution in [1.29, 1.82) is 0 Å². The number of hydrogen-bond acceptors (Lipinski definition) is 6. The van der Waals surface area contributed by atoms with Gasteiger partial charge in [0.1, 0.15) is 6.23 Å². The van der Waals surface area contributed by atoms with Gasteiger partial charge in [0.05, 0.1) is 24.4 Å². The Balaban J connectivity index is 0.000000313. The molecule has 162 valence electrons. The average Bonchev–Trinajstić information content (AvgIpc) is 3.08. The molecule has 0 fully saturated rings. The monoisotopic (exact) mass is 470 g/mol. The van der Waals surface area contributed by atoms with Gasteiger partial charge in [-0.05, 0) is 39.2 Å². The molecule has 1 aromatic rings. The van der Waals surface area contributed by atoms with Gasteiger partial charge in [0, 0.05) is 22.3 Å². The van der Waals surface area contributed by atoms with Gasteiger partial charge >= 0.3 is 0 Å². The predicted molar refractivity (Wildman–Crippen MR) is 115 cm³/mol. The molecule has 3 rings (SSSR count). The van der Waals surface area contributed by atoms with E-state index >= 15 is 0 Å². The summed E-state index contributed by atoms with van der Waals surface area (Å²) in [6.07, 6.45) is 5.44. The van der Waals surface area contributed by atoms with Crippen LogP contribution in [0.5, 0.6) is 0 Å². The second kappa shape index (κ2) is 10.7. The lowest BCUT2D eigenvalue weighted by atomic mass is 10.0. The van der Waals surface area contributed by atoms with Crippen LogP contribution in [0.1, 0.15) is 57.2 Å². The number of aromatic nitrogens is 1. The number of nitrogens with one attached hydrogen (secondary N) is 2. The van der Waals surface area contributed by atoms with Gasteiger partial charge in [0.25, 0.3) is 5.56 Å². The summed E-state index contributed by atoms with van der Waals surface area (Å²) >= 11 is 3.39. The van der Waals surface area contributed by atoms with E-state index in [1.807, 2.05) is 20.8 Å². The van der Waals surface area contributed by atoms with Crippen molar-refractivity contribution in [3.63, 3.8) is 0 Å². The maximum atomic E-state index is 11.9. The smallest absolute Gasteiger partial charge is 0.255 e. The third-order valence-electron chi connectivity index (χ3n) is 4.29. The molecule has 0 saturated heterocycles. The number of H-pyrrole nitrogens is 1. The number of ether oxygens (including phenoxy) is 2. The lowest BCUT2D eigenvalue weighted by Crippen LogP contribution is -2.38. The van der Waals surface area contributed by atoms with Gasteiger partial charge in [-0.25, -0.2) is 0 Å². The molecule has 1 aliphatic heterocycles. The van der Waals surface area contributed by atoms with Gasteiger partial charge in [-0.2, -0.15) is 0 Å². The van der Waals surface area contributed by atoms with Crippen molar-refractivity contribution in [2.75, 3.05) is 6.54 Å². The topological polar surface area (TPSA) is 104 Å². The summed E-state index contributed by atoms with van der Waals surface area (Å²) in [6, 6.07) is 1.62. The Morgan fingerprint density at radius 3 is 2.69 bits per heavy atom. The highest BCUT2D eigenvalue weighted by molar-refractivity contribution is 9.11. The summed E-state index contributed by atoms with van der Waals surface area (Å²) in [5, 5.41) is 22.4. The normalized spacial score (nSPS) is 20.4. The van der Waals surface area contributed by atoms with Gasteiger partial charge in [0.15, 0.2) is 6.29 Å². The first-order chi connectivity index (χ1) is 13.5. The van der Waals surface area contributed by atoms with E-state index in [9.17, 15) is 15.0 Å². The molecule has 3 unspecified atom stereocenters. The van der Waals surface area contributed by atoms with E-state index in [1.165, 1.54) is 10.9 Å². The van der Waals surface area contributed by atoms with Crippen LogP contribution in [-0.4, -0.2) is 33.6 Å². The van der Waals surface area contributed by atoms with Crippen molar-refractivity contribution in [3.05, 3.63) is 56.0 Å². The zero-order chi connectivity index (χ0) is 21.6. The molecule has 3 atom stereocenters. The van der Waals surface area contributed by atoms with Crippen molar-refractivity contribution in [2.45, 2.75) is 65.4 Å². The largest absolute Gasteiger partial charge is 0.374 e. The number of halogens is 1. The van der Waals surface area contributed by atoms with Crippen LogP contribution >= 0.6 is 15.9 Å². The minimum atomic E-state index is -1.18. The Morgan fingerprint density at radius 2 is 2.10 bits per heavy atom. The molecule has 0 amide bonds. The molecule has 2 heterocycles. The Bertz CT molecular complexity index is 797. The fourth-order valence-corrected chi connectivity index (χ4v) is 3.17.